The third-order valence-electron chi connectivity index (χ3n) is 4.05. The molecule has 0 atom stereocenters. The molecule has 0 aliphatic carbocycles. The molecule has 0 spiro atoms. The van der Waals surface area contributed by atoms with Crippen LogP contribution in [0.25, 0.3) is 22.3 Å². The van der Waals surface area contributed by atoms with Crippen molar-refractivity contribution in [3.05, 3.63) is 48.5 Å². The number of nitrogens with one attached hydrogen (secondary N) is 2. The second-order valence-electron chi connectivity index (χ2n) is 6.85. The first-order valence-electron chi connectivity index (χ1n) is 8.56. The predicted octanol–water partition coefficient (Wildman–Crippen LogP) is 3.70. The van der Waals surface area contributed by atoms with E-state index in [0.717, 1.165) is 17.1 Å². The molecule has 0 radical (unpaired) electrons. The highest BCUT2D eigenvalue weighted by atomic mass is 19.4. The fourth-order valence-electron chi connectivity index (χ4n) is 2.56. The SMILES string of the molecule is CC(C)(Nc1nc(-c2ccc3ncccc3c2)ncc1F)C(=O)NCC(F)(F)F. The van der Waals surface area contributed by atoms with E-state index in [-0.39, 0.29) is 11.6 Å². The van der Waals surface area contributed by atoms with Crippen molar-refractivity contribution in [2.45, 2.75) is 25.6 Å². The number of carbonyl (C=O) groups is 1. The number of benzene rings is 1. The number of nitrogens with zero attached hydrogens (tertiary/aromatic N) is 3. The van der Waals surface area contributed by atoms with Gasteiger partial charge in [-0.1, -0.05) is 6.07 Å². The van der Waals surface area contributed by atoms with Crippen LogP contribution in [0, 0.1) is 5.82 Å². The van der Waals surface area contributed by atoms with Gasteiger partial charge in [0, 0.05) is 17.1 Å². The Labute approximate surface area is 163 Å². The van der Waals surface area contributed by atoms with Crippen molar-refractivity contribution in [1.29, 1.82) is 0 Å². The Kier molecular flexibility index (Phi) is 5.36. The molecule has 3 aromatic rings. The fourth-order valence-corrected chi connectivity index (χ4v) is 2.56. The van der Waals surface area contributed by atoms with Crippen molar-refractivity contribution < 1.29 is 22.4 Å². The molecule has 2 aromatic heterocycles. The van der Waals surface area contributed by atoms with E-state index in [9.17, 15) is 22.4 Å². The van der Waals surface area contributed by atoms with Crippen molar-refractivity contribution in [2.24, 2.45) is 0 Å². The summed E-state index contributed by atoms with van der Waals surface area (Å²) in [4.78, 5) is 24.4. The Hall–Kier alpha value is -3.30. The number of alkyl halides is 3. The fraction of sp³-hybridized carbons (Fsp3) is 0.263. The van der Waals surface area contributed by atoms with Crippen molar-refractivity contribution >= 4 is 22.6 Å². The van der Waals surface area contributed by atoms with Gasteiger partial charge in [0.1, 0.15) is 12.1 Å². The number of pyridine rings is 1. The van der Waals surface area contributed by atoms with Crippen molar-refractivity contribution in [1.82, 2.24) is 20.3 Å². The van der Waals surface area contributed by atoms with E-state index in [0.29, 0.717) is 5.56 Å². The van der Waals surface area contributed by atoms with E-state index in [4.69, 9.17) is 0 Å². The molecule has 29 heavy (non-hydrogen) atoms. The molecule has 2 N–H and O–H groups in total. The van der Waals surface area contributed by atoms with Gasteiger partial charge in [-0.2, -0.15) is 13.2 Å². The van der Waals surface area contributed by atoms with Gasteiger partial charge in [0.05, 0.1) is 11.7 Å². The molecule has 0 unspecified atom stereocenters. The molecule has 6 nitrogen and oxygen atoms in total. The van der Waals surface area contributed by atoms with Gasteiger partial charge in [-0.05, 0) is 38.1 Å². The number of aromatic nitrogens is 3. The van der Waals surface area contributed by atoms with E-state index < -0.39 is 30.0 Å². The van der Waals surface area contributed by atoms with E-state index >= 15 is 0 Å². The largest absolute Gasteiger partial charge is 0.405 e. The summed E-state index contributed by atoms with van der Waals surface area (Å²) in [5.41, 5.74) is -0.197. The van der Waals surface area contributed by atoms with Gasteiger partial charge in [0.15, 0.2) is 17.5 Å². The molecule has 1 aromatic carbocycles. The summed E-state index contributed by atoms with van der Waals surface area (Å²) in [6, 6.07) is 8.88. The molecule has 0 saturated carbocycles. The average molecular weight is 407 g/mol. The van der Waals surface area contributed by atoms with E-state index in [1.165, 1.54) is 13.8 Å². The molecule has 152 valence electrons. The number of amides is 1. The van der Waals surface area contributed by atoms with Gasteiger partial charge in [-0.25, -0.2) is 14.4 Å². The number of rotatable bonds is 5. The van der Waals surface area contributed by atoms with Crippen molar-refractivity contribution in [3.63, 3.8) is 0 Å². The zero-order valence-electron chi connectivity index (χ0n) is 15.5. The Morgan fingerprint density at radius 3 is 2.62 bits per heavy atom. The van der Waals surface area contributed by atoms with E-state index in [2.05, 4.69) is 20.3 Å². The minimum Gasteiger partial charge on any atom is -0.354 e. The maximum atomic E-state index is 14.2. The Balaban J connectivity index is 1.85. The van der Waals surface area contributed by atoms with Gasteiger partial charge < -0.3 is 10.6 Å². The van der Waals surface area contributed by atoms with Crippen LogP contribution in [0.1, 0.15) is 13.8 Å². The Bertz CT molecular complexity index is 1050. The van der Waals surface area contributed by atoms with Gasteiger partial charge in [-0.15, -0.1) is 0 Å². The van der Waals surface area contributed by atoms with Crippen LogP contribution in [-0.2, 0) is 4.79 Å². The Morgan fingerprint density at radius 1 is 1.14 bits per heavy atom. The summed E-state index contributed by atoms with van der Waals surface area (Å²) in [6.07, 6.45) is -1.96. The van der Waals surface area contributed by atoms with Crippen molar-refractivity contribution in [2.75, 3.05) is 11.9 Å². The first-order chi connectivity index (χ1) is 13.5. The molecule has 0 fully saturated rings. The lowest BCUT2D eigenvalue weighted by Crippen LogP contribution is -2.50. The summed E-state index contributed by atoms with van der Waals surface area (Å²) >= 11 is 0. The molecule has 0 saturated heterocycles. The molecule has 0 aliphatic rings. The highest BCUT2D eigenvalue weighted by Crippen LogP contribution is 2.24. The third kappa shape index (κ3) is 4.95. The van der Waals surface area contributed by atoms with Crippen molar-refractivity contribution in [3.8, 4) is 11.4 Å². The maximum Gasteiger partial charge on any atom is 0.405 e. The van der Waals surface area contributed by atoms with Crippen LogP contribution < -0.4 is 10.6 Å². The molecule has 0 aliphatic heterocycles. The minimum atomic E-state index is -4.55. The van der Waals surface area contributed by atoms with Gasteiger partial charge in [-0.3, -0.25) is 9.78 Å². The average Bonchev–Trinajstić information content (AvgIpc) is 2.66. The number of carbonyl (C=O) groups excluding carboxylic acids is 1. The minimum absolute atomic E-state index is 0.186. The Morgan fingerprint density at radius 2 is 1.90 bits per heavy atom. The van der Waals surface area contributed by atoms with Crippen LogP contribution >= 0.6 is 0 Å². The highest BCUT2D eigenvalue weighted by molar-refractivity contribution is 5.88. The van der Waals surface area contributed by atoms with Crippen LogP contribution in [0.15, 0.2) is 42.7 Å². The van der Waals surface area contributed by atoms with Crippen LogP contribution in [0.3, 0.4) is 0 Å². The van der Waals surface area contributed by atoms with E-state index in [1.807, 2.05) is 6.07 Å². The van der Waals surface area contributed by atoms with Gasteiger partial charge in [0.2, 0.25) is 5.91 Å². The first kappa shape index (κ1) is 20.4. The molecule has 0 bridgehead atoms. The summed E-state index contributed by atoms with van der Waals surface area (Å²) in [5, 5.41) is 5.15. The standard InChI is InChI=1S/C19H17F4N5O/c1-18(2,17(29)26-10-19(21,22)23)28-16-13(20)9-25-15(27-16)12-5-6-14-11(8-12)4-3-7-24-14/h3-9H,10H2,1-2H3,(H,26,29)(H,25,27,28). The number of hydrogen-bond donors (Lipinski definition) is 2. The quantitative estimate of drug-likeness (QED) is 0.631. The summed E-state index contributed by atoms with van der Waals surface area (Å²) in [5.74, 6) is -1.90. The number of halogens is 4. The first-order valence-corrected chi connectivity index (χ1v) is 8.56. The normalized spacial score (nSPS) is 12.1. The topological polar surface area (TPSA) is 79.8 Å². The number of anilines is 1. The molecular weight excluding hydrogens is 390 g/mol. The zero-order valence-corrected chi connectivity index (χ0v) is 15.5. The highest BCUT2D eigenvalue weighted by Gasteiger charge is 2.33. The van der Waals surface area contributed by atoms with Crippen LogP contribution in [0.4, 0.5) is 23.4 Å². The monoisotopic (exact) mass is 407 g/mol. The van der Waals surface area contributed by atoms with E-state index in [1.54, 1.807) is 35.8 Å². The van der Waals surface area contributed by atoms with Crippen LogP contribution in [-0.4, -0.2) is 39.1 Å². The molecule has 10 heteroatoms. The number of fused-ring (bicyclic) bond motifs is 1. The lowest BCUT2D eigenvalue weighted by molar-refractivity contribution is -0.140. The summed E-state index contributed by atoms with van der Waals surface area (Å²) in [6.45, 7) is 1.16. The second kappa shape index (κ2) is 7.61. The smallest absolute Gasteiger partial charge is 0.354 e. The van der Waals surface area contributed by atoms with Gasteiger partial charge >= 0.3 is 6.18 Å². The van der Waals surface area contributed by atoms with Crippen LogP contribution in [0.5, 0.6) is 0 Å². The summed E-state index contributed by atoms with van der Waals surface area (Å²) < 4.78 is 51.2. The molecule has 1 amide bonds. The predicted molar refractivity (Wildman–Crippen MR) is 99.5 cm³/mol. The molecular formula is C19H17F4N5O. The van der Waals surface area contributed by atoms with Crippen LogP contribution in [0.2, 0.25) is 0 Å². The van der Waals surface area contributed by atoms with Gasteiger partial charge in [0.25, 0.3) is 0 Å². The lowest BCUT2D eigenvalue weighted by Gasteiger charge is -2.26. The second-order valence-corrected chi connectivity index (χ2v) is 6.85. The zero-order chi connectivity index (χ0) is 21.2. The molecule has 3 rings (SSSR count). The third-order valence-corrected chi connectivity index (χ3v) is 4.05. The molecule has 2 heterocycles. The number of hydrogen-bond acceptors (Lipinski definition) is 5. The summed E-state index contributed by atoms with van der Waals surface area (Å²) in [7, 11) is 0. The maximum absolute atomic E-state index is 14.2. The lowest BCUT2D eigenvalue weighted by atomic mass is 10.0.